The van der Waals surface area contributed by atoms with Gasteiger partial charge in [0, 0.05) is 13.0 Å². The highest BCUT2D eigenvalue weighted by Gasteiger charge is 2.15. The Kier molecular flexibility index (Phi) is 5.89. The molecule has 2 heterocycles. The van der Waals surface area contributed by atoms with Crippen LogP contribution in [0.5, 0.6) is 5.75 Å². The average molecular weight is 392 g/mol. The molecule has 29 heavy (non-hydrogen) atoms. The summed E-state index contributed by atoms with van der Waals surface area (Å²) in [6, 6.07) is 14.3. The van der Waals surface area contributed by atoms with E-state index < -0.39 is 5.97 Å². The number of hydrogen-bond acceptors (Lipinski definition) is 5. The lowest BCUT2D eigenvalue weighted by molar-refractivity contribution is 0.0450. The third-order valence-electron chi connectivity index (χ3n) is 5.13. The van der Waals surface area contributed by atoms with E-state index in [1.54, 1.807) is 22.8 Å². The maximum atomic E-state index is 12.9. The summed E-state index contributed by atoms with van der Waals surface area (Å²) in [6.45, 7) is 1.13. The molecular formula is C23H24N2O4. The van der Waals surface area contributed by atoms with Gasteiger partial charge in [0.2, 0.25) is 0 Å². The summed E-state index contributed by atoms with van der Waals surface area (Å²) in [7, 11) is 0. The van der Waals surface area contributed by atoms with Crippen molar-refractivity contribution in [1.29, 1.82) is 0 Å². The van der Waals surface area contributed by atoms with E-state index in [9.17, 15) is 9.59 Å². The average Bonchev–Trinajstić information content (AvgIpc) is 2.73. The monoisotopic (exact) mass is 392 g/mol. The molecule has 4 rings (SSSR count). The maximum Gasteiger partial charge on any atom is 0.338 e. The van der Waals surface area contributed by atoms with E-state index in [1.165, 1.54) is 0 Å². The molecule has 0 saturated heterocycles. The second-order valence-electron chi connectivity index (χ2n) is 7.18. The Bertz CT molecular complexity index is 1060. The highest BCUT2D eigenvalue weighted by molar-refractivity contribution is 5.94. The Morgan fingerprint density at radius 1 is 1.00 bits per heavy atom. The smallest absolute Gasteiger partial charge is 0.338 e. The standard InChI is InChI=1S/C23H24N2O4/c26-22-19-12-11-17(23(27)29-15-14-28-18-8-4-3-5-9-18)16-20(19)24-21-10-6-1-2-7-13-25(21)22/h3-5,8-9,11-12,16H,1-2,6-7,10,13-15H2. The number of nitrogens with zero attached hydrogens (tertiary/aromatic N) is 2. The molecule has 0 atom stereocenters. The van der Waals surface area contributed by atoms with Crippen molar-refractivity contribution < 1.29 is 14.3 Å². The number of carbonyl (C=O) groups excluding carboxylic acids is 1. The van der Waals surface area contributed by atoms with E-state index in [1.807, 2.05) is 30.3 Å². The molecule has 0 N–H and O–H groups in total. The lowest BCUT2D eigenvalue weighted by Gasteiger charge is -2.16. The first-order chi connectivity index (χ1) is 14.2. The van der Waals surface area contributed by atoms with Crippen molar-refractivity contribution in [3.05, 3.63) is 70.3 Å². The van der Waals surface area contributed by atoms with Crippen LogP contribution in [-0.4, -0.2) is 28.7 Å². The molecular weight excluding hydrogens is 368 g/mol. The summed E-state index contributed by atoms with van der Waals surface area (Å²) in [6.07, 6.45) is 5.11. The van der Waals surface area contributed by atoms with Crippen molar-refractivity contribution in [3.8, 4) is 5.75 Å². The molecule has 6 heteroatoms. The van der Waals surface area contributed by atoms with E-state index in [4.69, 9.17) is 9.47 Å². The number of rotatable bonds is 5. The van der Waals surface area contributed by atoms with Crippen LogP contribution in [0, 0.1) is 0 Å². The number of para-hydroxylation sites is 1. The maximum absolute atomic E-state index is 12.9. The van der Waals surface area contributed by atoms with Crippen LogP contribution in [0.15, 0.2) is 53.3 Å². The van der Waals surface area contributed by atoms with E-state index in [2.05, 4.69) is 4.98 Å². The zero-order valence-corrected chi connectivity index (χ0v) is 16.3. The fraction of sp³-hybridized carbons (Fsp3) is 0.348. The summed E-state index contributed by atoms with van der Waals surface area (Å²) >= 11 is 0. The number of aromatic nitrogens is 2. The topological polar surface area (TPSA) is 70.4 Å². The molecule has 0 unspecified atom stereocenters. The molecule has 0 radical (unpaired) electrons. The normalized spacial score (nSPS) is 13.9. The minimum atomic E-state index is -0.447. The first-order valence-electron chi connectivity index (χ1n) is 10.1. The van der Waals surface area contributed by atoms with Crippen molar-refractivity contribution in [2.24, 2.45) is 0 Å². The summed E-state index contributed by atoms with van der Waals surface area (Å²) < 4.78 is 12.6. The minimum Gasteiger partial charge on any atom is -0.490 e. The molecule has 1 aliphatic heterocycles. The summed E-state index contributed by atoms with van der Waals surface area (Å²) in [5.41, 5.74) is 0.916. The van der Waals surface area contributed by atoms with E-state index in [0.29, 0.717) is 23.0 Å². The number of hydrogen-bond donors (Lipinski definition) is 0. The van der Waals surface area contributed by atoms with Gasteiger partial charge in [-0.25, -0.2) is 9.78 Å². The highest BCUT2D eigenvalue weighted by Crippen LogP contribution is 2.17. The second kappa shape index (κ2) is 8.90. The third-order valence-corrected chi connectivity index (χ3v) is 5.13. The molecule has 0 saturated carbocycles. The Hall–Kier alpha value is -3.15. The van der Waals surface area contributed by atoms with Gasteiger partial charge >= 0.3 is 5.97 Å². The molecule has 1 aromatic heterocycles. The molecule has 1 aliphatic rings. The highest BCUT2D eigenvalue weighted by atomic mass is 16.6. The van der Waals surface area contributed by atoms with Crippen LogP contribution >= 0.6 is 0 Å². The van der Waals surface area contributed by atoms with Crippen LogP contribution in [0.25, 0.3) is 10.9 Å². The minimum absolute atomic E-state index is 0.0249. The van der Waals surface area contributed by atoms with Gasteiger partial charge in [0.25, 0.3) is 5.56 Å². The van der Waals surface area contributed by atoms with E-state index in [0.717, 1.165) is 43.7 Å². The van der Waals surface area contributed by atoms with Gasteiger partial charge in [0.15, 0.2) is 0 Å². The lowest BCUT2D eigenvalue weighted by Crippen LogP contribution is -2.26. The van der Waals surface area contributed by atoms with Gasteiger partial charge in [-0.1, -0.05) is 31.0 Å². The SMILES string of the molecule is O=C(OCCOc1ccccc1)c1ccc2c(=O)n3c(nc2c1)CCCCCC3. The van der Waals surface area contributed by atoms with Crippen molar-refractivity contribution in [1.82, 2.24) is 9.55 Å². The quantitative estimate of drug-likeness (QED) is 0.489. The molecule has 0 amide bonds. The predicted molar refractivity (Wildman–Crippen MR) is 110 cm³/mol. The molecule has 3 aromatic rings. The molecule has 0 aliphatic carbocycles. The summed E-state index contributed by atoms with van der Waals surface area (Å²) in [4.78, 5) is 29.9. The van der Waals surface area contributed by atoms with Gasteiger partial charge in [-0.15, -0.1) is 0 Å². The molecule has 150 valence electrons. The summed E-state index contributed by atoms with van der Waals surface area (Å²) in [5, 5.41) is 0.540. The first kappa shape index (κ1) is 19.2. The fourth-order valence-electron chi connectivity index (χ4n) is 3.62. The fourth-order valence-corrected chi connectivity index (χ4v) is 3.62. The zero-order chi connectivity index (χ0) is 20.1. The number of benzene rings is 2. The lowest BCUT2D eigenvalue weighted by atomic mass is 10.1. The van der Waals surface area contributed by atoms with Gasteiger partial charge in [0.1, 0.15) is 24.8 Å². The van der Waals surface area contributed by atoms with Crippen LogP contribution in [0.3, 0.4) is 0 Å². The van der Waals surface area contributed by atoms with Crippen LogP contribution < -0.4 is 10.3 Å². The summed E-state index contributed by atoms with van der Waals surface area (Å²) in [5.74, 6) is 1.09. The predicted octanol–water partition coefficient (Wildman–Crippen LogP) is 3.75. The molecule has 2 aromatic carbocycles. The Labute approximate surface area is 169 Å². The Morgan fingerprint density at radius 2 is 1.83 bits per heavy atom. The molecule has 0 bridgehead atoms. The van der Waals surface area contributed by atoms with Crippen molar-refractivity contribution in [3.63, 3.8) is 0 Å². The van der Waals surface area contributed by atoms with Crippen LogP contribution in [0.2, 0.25) is 0 Å². The third kappa shape index (κ3) is 4.47. The van der Waals surface area contributed by atoms with Gasteiger partial charge in [0.05, 0.1) is 16.5 Å². The van der Waals surface area contributed by atoms with Gasteiger partial charge < -0.3 is 9.47 Å². The van der Waals surface area contributed by atoms with Crippen LogP contribution in [0.4, 0.5) is 0 Å². The number of carbonyl (C=O) groups is 1. The van der Waals surface area contributed by atoms with Crippen molar-refractivity contribution in [2.75, 3.05) is 13.2 Å². The number of fused-ring (bicyclic) bond motifs is 2. The second-order valence-corrected chi connectivity index (χ2v) is 7.18. The zero-order valence-electron chi connectivity index (χ0n) is 16.3. The Balaban J connectivity index is 1.47. The van der Waals surface area contributed by atoms with E-state index >= 15 is 0 Å². The molecule has 6 nitrogen and oxygen atoms in total. The van der Waals surface area contributed by atoms with E-state index in [-0.39, 0.29) is 18.8 Å². The molecule has 0 fully saturated rings. The van der Waals surface area contributed by atoms with Gasteiger partial charge in [-0.05, 0) is 43.2 Å². The van der Waals surface area contributed by atoms with Crippen LogP contribution in [-0.2, 0) is 17.7 Å². The number of ether oxygens (including phenoxy) is 2. The van der Waals surface area contributed by atoms with Crippen molar-refractivity contribution >= 4 is 16.9 Å². The van der Waals surface area contributed by atoms with Gasteiger partial charge in [-0.3, -0.25) is 9.36 Å². The largest absolute Gasteiger partial charge is 0.490 e. The Morgan fingerprint density at radius 3 is 2.69 bits per heavy atom. The molecule has 0 spiro atoms. The van der Waals surface area contributed by atoms with Crippen molar-refractivity contribution in [2.45, 2.75) is 38.6 Å². The van der Waals surface area contributed by atoms with Crippen LogP contribution in [0.1, 0.15) is 41.9 Å². The number of esters is 1. The van der Waals surface area contributed by atoms with Gasteiger partial charge in [-0.2, -0.15) is 0 Å². The number of aryl methyl sites for hydroxylation is 1. The first-order valence-corrected chi connectivity index (χ1v) is 10.1.